The SMILES string of the molecule is C=CNC1=CCCC=C1c1ccccc1. The summed E-state index contributed by atoms with van der Waals surface area (Å²) < 4.78 is 0. The molecule has 1 heteroatoms. The summed E-state index contributed by atoms with van der Waals surface area (Å²) in [5.41, 5.74) is 3.71. The van der Waals surface area contributed by atoms with Gasteiger partial charge >= 0.3 is 0 Å². The molecule has 0 aromatic heterocycles. The predicted octanol–water partition coefficient (Wildman–Crippen LogP) is 3.48. The molecular formula is C14H15N. The van der Waals surface area contributed by atoms with Crippen LogP contribution in [0.2, 0.25) is 0 Å². The molecule has 15 heavy (non-hydrogen) atoms. The van der Waals surface area contributed by atoms with Gasteiger partial charge in [0, 0.05) is 11.3 Å². The summed E-state index contributed by atoms with van der Waals surface area (Å²) in [5, 5.41) is 3.19. The van der Waals surface area contributed by atoms with Gasteiger partial charge in [0.2, 0.25) is 0 Å². The molecule has 0 aliphatic heterocycles. The van der Waals surface area contributed by atoms with Gasteiger partial charge in [0.15, 0.2) is 0 Å². The minimum absolute atomic E-state index is 1.10. The molecule has 1 N–H and O–H groups in total. The highest BCUT2D eigenvalue weighted by molar-refractivity contribution is 5.79. The van der Waals surface area contributed by atoms with E-state index in [0.29, 0.717) is 0 Å². The first-order valence-electron chi connectivity index (χ1n) is 5.25. The molecule has 1 nitrogen and oxygen atoms in total. The quantitative estimate of drug-likeness (QED) is 0.782. The fraction of sp³-hybridized carbons (Fsp3) is 0.143. The predicted molar refractivity (Wildman–Crippen MR) is 65.1 cm³/mol. The molecule has 1 aliphatic carbocycles. The highest BCUT2D eigenvalue weighted by Gasteiger charge is 2.08. The van der Waals surface area contributed by atoms with E-state index >= 15 is 0 Å². The van der Waals surface area contributed by atoms with Crippen molar-refractivity contribution in [2.45, 2.75) is 12.8 Å². The maximum atomic E-state index is 3.70. The molecule has 1 aromatic carbocycles. The molecule has 0 amide bonds. The van der Waals surface area contributed by atoms with Crippen LogP contribution in [0.5, 0.6) is 0 Å². The first-order valence-corrected chi connectivity index (χ1v) is 5.25. The van der Waals surface area contributed by atoms with E-state index in [4.69, 9.17) is 0 Å². The first-order chi connectivity index (χ1) is 7.42. The molecule has 0 fully saturated rings. The van der Waals surface area contributed by atoms with E-state index in [0.717, 1.165) is 12.8 Å². The normalized spacial score (nSPS) is 15.2. The Morgan fingerprint density at radius 3 is 2.53 bits per heavy atom. The van der Waals surface area contributed by atoms with Crippen molar-refractivity contribution in [2.75, 3.05) is 0 Å². The Bertz CT molecular complexity index is 399. The Balaban J connectivity index is 2.31. The molecule has 0 saturated heterocycles. The Hall–Kier alpha value is -1.76. The molecule has 76 valence electrons. The van der Waals surface area contributed by atoms with E-state index in [1.807, 2.05) is 6.07 Å². The average Bonchev–Trinajstić information content (AvgIpc) is 2.31. The van der Waals surface area contributed by atoms with Crippen molar-refractivity contribution in [2.24, 2.45) is 0 Å². The Labute approximate surface area is 90.8 Å². The fourth-order valence-electron chi connectivity index (χ4n) is 1.81. The van der Waals surface area contributed by atoms with Gasteiger partial charge in [-0.3, -0.25) is 0 Å². The van der Waals surface area contributed by atoms with Crippen LogP contribution in [0.1, 0.15) is 18.4 Å². The standard InChI is InChI=1S/C14H15N/c1-2-15-14-11-7-6-10-13(14)12-8-4-3-5-9-12/h2-5,8-11,15H,1,6-7H2. The Morgan fingerprint density at radius 2 is 1.80 bits per heavy atom. The van der Waals surface area contributed by atoms with Gasteiger partial charge in [-0.25, -0.2) is 0 Å². The number of nitrogens with one attached hydrogen (secondary N) is 1. The van der Waals surface area contributed by atoms with Crippen LogP contribution < -0.4 is 5.32 Å². The summed E-state index contributed by atoms with van der Waals surface area (Å²) in [4.78, 5) is 0. The Kier molecular flexibility index (Phi) is 3.03. The summed E-state index contributed by atoms with van der Waals surface area (Å²) in [5.74, 6) is 0. The van der Waals surface area contributed by atoms with Crippen molar-refractivity contribution < 1.29 is 0 Å². The van der Waals surface area contributed by atoms with Crippen molar-refractivity contribution in [1.82, 2.24) is 5.32 Å². The van der Waals surface area contributed by atoms with Crippen LogP contribution in [0.25, 0.3) is 5.57 Å². The molecular weight excluding hydrogens is 182 g/mol. The second-order valence-electron chi connectivity index (χ2n) is 3.53. The highest BCUT2D eigenvalue weighted by Crippen LogP contribution is 2.26. The number of benzene rings is 1. The summed E-state index contributed by atoms with van der Waals surface area (Å²) in [6.07, 6.45) is 8.46. The highest BCUT2D eigenvalue weighted by atomic mass is 14.8. The third kappa shape index (κ3) is 2.18. The molecule has 0 atom stereocenters. The molecule has 2 rings (SSSR count). The van der Waals surface area contributed by atoms with Crippen LogP contribution in [-0.2, 0) is 0 Å². The summed E-state index contributed by atoms with van der Waals surface area (Å²) >= 11 is 0. The molecule has 0 bridgehead atoms. The fourth-order valence-corrected chi connectivity index (χ4v) is 1.81. The molecule has 0 spiro atoms. The lowest BCUT2D eigenvalue weighted by molar-refractivity contribution is 0.979. The smallest absolute Gasteiger partial charge is 0.0415 e. The maximum Gasteiger partial charge on any atom is 0.0415 e. The van der Waals surface area contributed by atoms with Crippen LogP contribution in [0.15, 0.2) is 61.0 Å². The van der Waals surface area contributed by atoms with Gasteiger partial charge in [-0.1, -0.05) is 49.1 Å². The van der Waals surface area contributed by atoms with Crippen molar-refractivity contribution in [3.05, 3.63) is 66.5 Å². The van der Waals surface area contributed by atoms with E-state index < -0.39 is 0 Å². The zero-order chi connectivity index (χ0) is 10.5. The summed E-state index contributed by atoms with van der Waals surface area (Å²) in [6, 6.07) is 10.4. The van der Waals surface area contributed by atoms with Crippen LogP contribution >= 0.6 is 0 Å². The van der Waals surface area contributed by atoms with Crippen molar-refractivity contribution >= 4 is 5.57 Å². The van der Waals surface area contributed by atoms with Gasteiger partial charge in [0.1, 0.15) is 0 Å². The van der Waals surface area contributed by atoms with Crippen LogP contribution in [0.3, 0.4) is 0 Å². The molecule has 1 aliphatic rings. The monoisotopic (exact) mass is 197 g/mol. The van der Waals surface area contributed by atoms with Crippen molar-refractivity contribution in [1.29, 1.82) is 0 Å². The lowest BCUT2D eigenvalue weighted by atomic mass is 9.96. The van der Waals surface area contributed by atoms with Gasteiger partial charge < -0.3 is 5.32 Å². The maximum absolute atomic E-state index is 3.70. The number of hydrogen-bond acceptors (Lipinski definition) is 1. The van der Waals surface area contributed by atoms with Crippen LogP contribution in [0.4, 0.5) is 0 Å². The zero-order valence-corrected chi connectivity index (χ0v) is 8.74. The second-order valence-corrected chi connectivity index (χ2v) is 3.53. The topological polar surface area (TPSA) is 12.0 Å². The minimum atomic E-state index is 1.10. The van der Waals surface area contributed by atoms with E-state index in [1.165, 1.54) is 16.8 Å². The largest absolute Gasteiger partial charge is 0.362 e. The second kappa shape index (κ2) is 4.65. The van der Waals surface area contributed by atoms with Gasteiger partial charge in [-0.05, 0) is 24.6 Å². The molecule has 1 aromatic rings. The van der Waals surface area contributed by atoms with Gasteiger partial charge in [0.05, 0.1) is 0 Å². The number of rotatable bonds is 3. The zero-order valence-electron chi connectivity index (χ0n) is 8.74. The van der Waals surface area contributed by atoms with Crippen molar-refractivity contribution in [3.8, 4) is 0 Å². The van der Waals surface area contributed by atoms with Gasteiger partial charge in [-0.2, -0.15) is 0 Å². The third-order valence-electron chi connectivity index (χ3n) is 2.50. The molecule has 0 radical (unpaired) electrons. The van der Waals surface area contributed by atoms with Crippen LogP contribution in [-0.4, -0.2) is 0 Å². The van der Waals surface area contributed by atoms with E-state index in [-0.39, 0.29) is 0 Å². The van der Waals surface area contributed by atoms with E-state index in [1.54, 1.807) is 6.20 Å². The van der Waals surface area contributed by atoms with E-state index in [2.05, 4.69) is 48.3 Å². The average molecular weight is 197 g/mol. The minimum Gasteiger partial charge on any atom is -0.362 e. The van der Waals surface area contributed by atoms with Gasteiger partial charge in [-0.15, -0.1) is 0 Å². The van der Waals surface area contributed by atoms with Crippen LogP contribution in [0, 0.1) is 0 Å². The molecule has 0 unspecified atom stereocenters. The van der Waals surface area contributed by atoms with Gasteiger partial charge in [0.25, 0.3) is 0 Å². The molecule has 0 heterocycles. The number of hydrogen-bond donors (Lipinski definition) is 1. The molecule has 0 saturated carbocycles. The summed E-state index contributed by atoms with van der Waals surface area (Å²) in [7, 11) is 0. The number of allylic oxidation sites excluding steroid dienone is 3. The van der Waals surface area contributed by atoms with Crippen molar-refractivity contribution in [3.63, 3.8) is 0 Å². The van der Waals surface area contributed by atoms with E-state index in [9.17, 15) is 0 Å². The lowest BCUT2D eigenvalue weighted by Crippen LogP contribution is -2.08. The lowest BCUT2D eigenvalue weighted by Gasteiger charge is -2.16. The Morgan fingerprint density at radius 1 is 1.07 bits per heavy atom. The third-order valence-corrected chi connectivity index (χ3v) is 2.50. The summed E-state index contributed by atoms with van der Waals surface area (Å²) in [6.45, 7) is 3.70. The first kappa shape index (κ1) is 9.78.